The Morgan fingerprint density at radius 1 is 1.12 bits per heavy atom. The largest absolute Gasteiger partial charge is 0.411 e. The summed E-state index contributed by atoms with van der Waals surface area (Å²) in [5, 5.41) is 19.8. The zero-order valence-corrected chi connectivity index (χ0v) is 19.2. The monoisotopic (exact) mass is 474 g/mol. The number of piperidine rings is 1. The summed E-state index contributed by atoms with van der Waals surface area (Å²) in [6, 6.07) is 11.4. The molecule has 0 unspecified atom stereocenters. The predicted molar refractivity (Wildman–Crippen MR) is 119 cm³/mol. The molecule has 168 valence electrons. The minimum absolute atomic E-state index is 0.0889. The van der Waals surface area contributed by atoms with Gasteiger partial charge in [0.1, 0.15) is 0 Å². The van der Waals surface area contributed by atoms with Crippen LogP contribution in [0.2, 0.25) is 0 Å². The van der Waals surface area contributed by atoms with Crippen molar-refractivity contribution in [1.29, 1.82) is 0 Å². The Hall–Kier alpha value is -2.76. The van der Waals surface area contributed by atoms with Crippen LogP contribution in [0.4, 0.5) is 5.69 Å². The van der Waals surface area contributed by atoms with E-state index in [1.54, 1.807) is 0 Å². The van der Waals surface area contributed by atoms with E-state index in [-0.39, 0.29) is 20.7 Å². The first-order chi connectivity index (χ1) is 15.2. The van der Waals surface area contributed by atoms with Gasteiger partial charge in [0, 0.05) is 24.7 Å². The Bertz CT molecular complexity index is 1230. The summed E-state index contributed by atoms with van der Waals surface area (Å²) < 4.78 is 33.0. The van der Waals surface area contributed by atoms with Crippen LogP contribution in [0.5, 0.6) is 0 Å². The van der Waals surface area contributed by atoms with Crippen molar-refractivity contribution in [3.63, 3.8) is 0 Å². The number of nitro benzene ring substituents is 1. The highest BCUT2D eigenvalue weighted by Crippen LogP contribution is 2.37. The number of aromatic nitrogens is 2. The van der Waals surface area contributed by atoms with E-state index in [0.29, 0.717) is 24.9 Å². The van der Waals surface area contributed by atoms with Gasteiger partial charge in [-0.2, -0.15) is 4.31 Å². The topological polar surface area (TPSA) is 119 Å². The second-order valence-electron chi connectivity index (χ2n) is 7.81. The Kier molecular flexibility index (Phi) is 6.31. The van der Waals surface area contributed by atoms with Gasteiger partial charge in [-0.25, -0.2) is 8.42 Å². The van der Waals surface area contributed by atoms with Gasteiger partial charge in [-0.15, -0.1) is 10.2 Å². The summed E-state index contributed by atoms with van der Waals surface area (Å²) in [6.07, 6.45) is 1.55. The molecule has 2 aromatic carbocycles. The van der Waals surface area contributed by atoms with E-state index in [1.165, 1.54) is 16.4 Å². The molecule has 0 spiro atoms. The van der Waals surface area contributed by atoms with Gasteiger partial charge in [0.05, 0.1) is 14.7 Å². The molecule has 0 amide bonds. The van der Waals surface area contributed by atoms with Crippen LogP contribution in [0.3, 0.4) is 0 Å². The zero-order chi connectivity index (χ0) is 22.9. The summed E-state index contributed by atoms with van der Waals surface area (Å²) in [5.41, 5.74) is 1.51. The summed E-state index contributed by atoms with van der Waals surface area (Å²) in [4.78, 5) is 11.2. The van der Waals surface area contributed by atoms with Gasteiger partial charge in [0.2, 0.25) is 15.9 Å². The Labute approximate surface area is 190 Å². The van der Waals surface area contributed by atoms with E-state index in [2.05, 4.69) is 17.1 Å². The molecular formula is C21H22N4O5S2. The standard InChI is InChI=1S/C21H22N4O5S2/c1-14-3-5-16(6-4-14)20-22-23-21(30-20)31-19-8-7-17(13-18(19)25(26)27)32(28,29)24-11-9-15(2)10-12-24/h3-8,13,15H,9-12H2,1-2H3. The Morgan fingerprint density at radius 2 is 1.81 bits per heavy atom. The second-order valence-corrected chi connectivity index (χ2v) is 10.7. The molecule has 9 nitrogen and oxygen atoms in total. The van der Waals surface area contributed by atoms with Gasteiger partial charge in [-0.3, -0.25) is 10.1 Å². The molecule has 32 heavy (non-hydrogen) atoms. The average molecular weight is 475 g/mol. The van der Waals surface area contributed by atoms with E-state index in [0.717, 1.165) is 41.8 Å². The SMILES string of the molecule is Cc1ccc(-c2nnc(Sc3ccc(S(=O)(=O)N4CCC(C)CC4)cc3[N+](=O)[O-])o2)cc1. The lowest BCUT2D eigenvalue weighted by Crippen LogP contribution is -2.37. The van der Waals surface area contributed by atoms with Crippen LogP contribution >= 0.6 is 11.8 Å². The number of nitro groups is 1. The van der Waals surface area contributed by atoms with Crippen LogP contribution in [0.15, 0.2) is 61.9 Å². The first-order valence-corrected chi connectivity index (χ1v) is 12.4. The summed E-state index contributed by atoms with van der Waals surface area (Å²) in [6.45, 7) is 4.88. The van der Waals surface area contributed by atoms with Gasteiger partial charge in [-0.1, -0.05) is 24.6 Å². The Morgan fingerprint density at radius 3 is 2.47 bits per heavy atom. The third kappa shape index (κ3) is 4.69. The van der Waals surface area contributed by atoms with Crippen LogP contribution in [-0.4, -0.2) is 40.9 Å². The number of nitrogens with zero attached hydrogens (tertiary/aromatic N) is 4. The second kappa shape index (κ2) is 9.00. The van der Waals surface area contributed by atoms with Crippen molar-refractivity contribution in [2.24, 2.45) is 5.92 Å². The van der Waals surface area contributed by atoms with Gasteiger partial charge < -0.3 is 4.42 Å². The molecule has 11 heteroatoms. The number of benzene rings is 2. The highest BCUT2D eigenvalue weighted by Gasteiger charge is 2.30. The number of sulfonamides is 1. The number of hydrogen-bond acceptors (Lipinski definition) is 8. The normalized spacial score (nSPS) is 15.7. The molecule has 4 rings (SSSR count). The van der Waals surface area contributed by atoms with Crippen LogP contribution < -0.4 is 0 Å². The van der Waals surface area contributed by atoms with Gasteiger partial charge in [0.25, 0.3) is 10.9 Å². The number of rotatable bonds is 6. The molecule has 1 aliphatic heterocycles. The van der Waals surface area contributed by atoms with Crippen LogP contribution in [0.1, 0.15) is 25.3 Å². The van der Waals surface area contributed by atoms with E-state index in [9.17, 15) is 18.5 Å². The molecular weight excluding hydrogens is 452 g/mol. The van der Waals surface area contributed by atoms with Crippen molar-refractivity contribution in [3.05, 3.63) is 58.1 Å². The smallest absolute Gasteiger partial charge is 0.284 e. The van der Waals surface area contributed by atoms with Gasteiger partial charge in [0.15, 0.2) is 0 Å². The molecule has 1 aliphatic rings. The minimum Gasteiger partial charge on any atom is -0.411 e. The maximum atomic E-state index is 13.0. The van der Waals surface area contributed by atoms with Crippen molar-refractivity contribution >= 4 is 27.5 Å². The molecule has 1 fully saturated rings. The fourth-order valence-electron chi connectivity index (χ4n) is 3.42. The van der Waals surface area contributed by atoms with Crippen molar-refractivity contribution in [2.45, 2.75) is 41.7 Å². The fraction of sp³-hybridized carbons (Fsp3) is 0.333. The van der Waals surface area contributed by atoms with Crippen LogP contribution in [0.25, 0.3) is 11.5 Å². The third-order valence-electron chi connectivity index (χ3n) is 5.41. The first kappa shape index (κ1) is 22.4. The summed E-state index contributed by atoms with van der Waals surface area (Å²) in [7, 11) is -3.80. The molecule has 0 atom stereocenters. The van der Waals surface area contributed by atoms with Crippen molar-refractivity contribution < 1.29 is 17.8 Å². The quantitative estimate of drug-likeness (QED) is 0.378. The minimum atomic E-state index is -3.80. The van der Waals surface area contributed by atoms with Crippen molar-refractivity contribution in [3.8, 4) is 11.5 Å². The Balaban J connectivity index is 1.59. The van der Waals surface area contributed by atoms with E-state index >= 15 is 0 Å². The molecule has 1 aromatic heterocycles. The van der Waals surface area contributed by atoms with E-state index in [1.807, 2.05) is 31.2 Å². The molecule has 0 aliphatic carbocycles. The molecule has 0 radical (unpaired) electrons. The third-order valence-corrected chi connectivity index (χ3v) is 8.21. The molecule has 0 bridgehead atoms. The van der Waals surface area contributed by atoms with Crippen molar-refractivity contribution in [1.82, 2.24) is 14.5 Å². The maximum absolute atomic E-state index is 13.0. The lowest BCUT2D eigenvalue weighted by Gasteiger charge is -2.29. The van der Waals surface area contributed by atoms with Crippen LogP contribution in [-0.2, 0) is 10.0 Å². The first-order valence-electron chi connectivity index (χ1n) is 10.1. The van der Waals surface area contributed by atoms with E-state index < -0.39 is 14.9 Å². The highest BCUT2D eigenvalue weighted by molar-refractivity contribution is 7.99. The molecule has 1 saturated heterocycles. The average Bonchev–Trinajstić information content (AvgIpc) is 3.23. The zero-order valence-electron chi connectivity index (χ0n) is 17.6. The van der Waals surface area contributed by atoms with E-state index in [4.69, 9.17) is 4.42 Å². The molecule has 0 saturated carbocycles. The summed E-state index contributed by atoms with van der Waals surface area (Å²) >= 11 is 0.926. The lowest BCUT2D eigenvalue weighted by atomic mass is 10.0. The maximum Gasteiger partial charge on any atom is 0.284 e. The van der Waals surface area contributed by atoms with Crippen molar-refractivity contribution in [2.75, 3.05) is 13.1 Å². The molecule has 2 heterocycles. The highest BCUT2D eigenvalue weighted by atomic mass is 32.2. The molecule has 0 N–H and O–H groups in total. The van der Waals surface area contributed by atoms with Gasteiger partial charge >= 0.3 is 0 Å². The van der Waals surface area contributed by atoms with Crippen LogP contribution in [0, 0.1) is 23.0 Å². The summed E-state index contributed by atoms with van der Waals surface area (Å²) in [5.74, 6) is 0.766. The number of aryl methyl sites for hydroxylation is 1. The predicted octanol–water partition coefficient (Wildman–Crippen LogP) is 4.53. The lowest BCUT2D eigenvalue weighted by molar-refractivity contribution is -0.388. The number of hydrogen-bond donors (Lipinski definition) is 0. The molecule has 3 aromatic rings. The fourth-order valence-corrected chi connectivity index (χ4v) is 5.67. The van der Waals surface area contributed by atoms with Gasteiger partial charge in [-0.05, 0) is 61.7 Å².